The minimum Gasteiger partial charge on any atom is -0.381 e. The van der Waals surface area contributed by atoms with Crippen molar-refractivity contribution >= 4 is 0 Å². The summed E-state index contributed by atoms with van der Waals surface area (Å²) in [5.74, 6) is 0. The van der Waals surface area contributed by atoms with E-state index >= 15 is 0 Å². The third-order valence-corrected chi connectivity index (χ3v) is 2.62. The summed E-state index contributed by atoms with van der Waals surface area (Å²) >= 11 is 0. The van der Waals surface area contributed by atoms with E-state index in [-0.39, 0.29) is 0 Å². The van der Waals surface area contributed by atoms with E-state index in [2.05, 4.69) is 26.1 Å². The topological polar surface area (TPSA) is 21.3 Å². The van der Waals surface area contributed by atoms with Gasteiger partial charge in [0.25, 0.3) is 0 Å². The first-order chi connectivity index (χ1) is 7.31. The Hall–Kier alpha value is -0.0800. The maximum atomic E-state index is 5.56. The van der Waals surface area contributed by atoms with Crippen LogP contribution in [0.15, 0.2) is 0 Å². The van der Waals surface area contributed by atoms with Crippen LogP contribution in [0.25, 0.3) is 0 Å². The van der Waals surface area contributed by atoms with Crippen molar-refractivity contribution in [2.24, 2.45) is 0 Å². The minimum absolute atomic E-state index is 0.662. The Morgan fingerprint density at radius 1 is 1.00 bits per heavy atom. The summed E-state index contributed by atoms with van der Waals surface area (Å²) in [6.45, 7) is 9.62. The van der Waals surface area contributed by atoms with Crippen LogP contribution in [0.5, 0.6) is 0 Å². The van der Waals surface area contributed by atoms with E-state index < -0.39 is 0 Å². The molecule has 15 heavy (non-hydrogen) atoms. The molecule has 0 saturated heterocycles. The first-order valence-corrected chi connectivity index (χ1v) is 6.62. The summed E-state index contributed by atoms with van der Waals surface area (Å²) in [6.07, 6.45) is 7.57. The first kappa shape index (κ1) is 14.9. The Morgan fingerprint density at radius 2 is 1.67 bits per heavy atom. The fraction of sp³-hybridized carbons (Fsp3) is 1.00. The molecule has 0 aliphatic heterocycles. The smallest absolute Gasteiger partial charge is 0.0466 e. The average molecular weight is 215 g/mol. The molecule has 0 amide bonds. The standard InChI is InChI=1S/C13H29NO/c1-4-6-8-11-15-12-9-7-10-13(3)14-5-2/h13-14H,4-12H2,1-3H3. The van der Waals surface area contributed by atoms with Crippen LogP contribution in [0.2, 0.25) is 0 Å². The molecule has 0 radical (unpaired) electrons. The van der Waals surface area contributed by atoms with Gasteiger partial charge < -0.3 is 10.1 Å². The highest BCUT2D eigenvalue weighted by Crippen LogP contribution is 2.01. The van der Waals surface area contributed by atoms with Crippen molar-refractivity contribution in [2.45, 2.75) is 65.3 Å². The quantitative estimate of drug-likeness (QED) is 0.534. The van der Waals surface area contributed by atoms with Gasteiger partial charge in [0.05, 0.1) is 0 Å². The number of hydrogen-bond acceptors (Lipinski definition) is 2. The summed E-state index contributed by atoms with van der Waals surface area (Å²) in [5.41, 5.74) is 0. The van der Waals surface area contributed by atoms with Gasteiger partial charge in [0, 0.05) is 19.3 Å². The lowest BCUT2D eigenvalue weighted by molar-refractivity contribution is 0.125. The lowest BCUT2D eigenvalue weighted by Crippen LogP contribution is -2.25. The maximum Gasteiger partial charge on any atom is 0.0466 e. The highest BCUT2D eigenvalue weighted by molar-refractivity contribution is 4.58. The lowest BCUT2D eigenvalue weighted by Gasteiger charge is -2.11. The molecule has 0 fully saturated rings. The molecule has 1 atom stereocenters. The number of unbranched alkanes of at least 4 members (excludes halogenated alkanes) is 3. The zero-order chi connectivity index (χ0) is 11.4. The van der Waals surface area contributed by atoms with E-state index in [4.69, 9.17) is 4.74 Å². The van der Waals surface area contributed by atoms with E-state index in [1.165, 1.54) is 38.5 Å². The van der Waals surface area contributed by atoms with Crippen molar-refractivity contribution in [1.82, 2.24) is 5.32 Å². The molecule has 0 bridgehead atoms. The van der Waals surface area contributed by atoms with Gasteiger partial charge in [0.2, 0.25) is 0 Å². The molecule has 1 unspecified atom stereocenters. The largest absolute Gasteiger partial charge is 0.381 e. The fourth-order valence-electron chi connectivity index (χ4n) is 1.66. The third kappa shape index (κ3) is 11.8. The Balaban J connectivity index is 2.98. The van der Waals surface area contributed by atoms with Gasteiger partial charge in [-0.25, -0.2) is 0 Å². The van der Waals surface area contributed by atoms with Crippen molar-refractivity contribution in [3.05, 3.63) is 0 Å². The van der Waals surface area contributed by atoms with Gasteiger partial charge in [-0.2, -0.15) is 0 Å². The van der Waals surface area contributed by atoms with Crippen molar-refractivity contribution in [3.63, 3.8) is 0 Å². The van der Waals surface area contributed by atoms with Crippen LogP contribution >= 0.6 is 0 Å². The summed E-state index contributed by atoms with van der Waals surface area (Å²) in [7, 11) is 0. The third-order valence-electron chi connectivity index (χ3n) is 2.62. The summed E-state index contributed by atoms with van der Waals surface area (Å²) in [5, 5.41) is 3.42. The number of rotatable bonds is 11. The normalized spacial score (nSPS) is 13.0. The molecule has 92 valence electrons. The predicted octanol–water partition coefficient (Wildman–Crippen LogP) is 3.36. The van der Waals surface area contributed by atoms with Gasteiger partial charge in [0.15, 0.2) is 0 Å². The fourth-order valence-corrected chi connectivity index (χ4v) is 1.66. The van der Waals surface area contributed by atoms with E-state index in [1.807, 2.05) is 0 Å². The minimum atomic E-state index is 0.662. The number of nitrogens with one attached hydrogen (secondary N) is 1. The molecule has 0 aromatic heterocycles. The molecule has 2 nitrogen and oxygen atoms in total. The molecule has 0 spiro atoms. The van der Waals surface area contributed by atoms with Crippen molar-refractivity contribution in [3.8, 4) is 0 Å². The molecule has 0 aliphatic rings. The van der Waals surface area contributed by atoms with Crippen LogP contribution in [0, 0.1) is 0 Å². The Labute approximate surface area is 95.8 Å². The molecule has 2 heteroatoms. The lowest BCUT2D eigenvalue weighted by atomic mass is 10.1. The summed E-state index contributed by atoms with van der Waals surface area (Å²) in [6, 6.07) is 0.662. The SMILES string of the molecule is CCCCCOCCCCC(C)NCC. The molecule has 0 aliphatic carbocycles. The van der Waals surface area contributed by atoms with Crippen LogP contribution < -0.4 is 5.32 Å². The van der Waals surface area contributed by atoms with E-state index in [1.54, 1.807) is 0 Å². The first-order valence-electron chi connectivity index (χ1n) is 6.62. The van der Waals surface area contributed by atoms with E-state index in [0.717, 1.165) is 19.8 Å². The van der Waals surface area contributed by atoms with Crippen LogP contribution in [0.3, 0.4) is 0 Å². The Kier molecular flexibility index (Phi) is 11.9. The van der Waals surface area contributed by atoms with Crippen LogP contribution in [-0.4, -0.2) is 25.8 Å². The molecular formula is C13H29NO. The molecule has 0 saturated carbocycles. The highest BCUT2D eigenvalue weighted by Gasteiger charge is 1.98. The van der Waals surface area contributed by atoms with Gasteiger partial charge in [-0.15, -0.1) is 0 Å². The molecule has 0 aromatic carbocycles. The van der Waals surface area contributed by atoms with Gasteiger partial charge in [-0.3, -0.25) is 0 Å². The van der Waals surface area contributed by atoms with E-state index in [9.17, 15) is 0 Å². The zero-order valence-corrected chi connectivity index (χ0v) is 10.8. The Bertz CT molecular complexity index is 117. The molecule has 0 heterocycles. The average Bonchev–Trinajstić information content (AvgIpc) is 2.22. The second-order valence-electron chi connectivity index (χ2n) is 4.27. The summed E-state index contributed by atoms with van der Waals surface area (Å²) in [4.78, 5) is 0. The molecular weight excluding hydrogens is 186 g/mol. The van der Waals surface area contributed by atoms with Gasteiger partial charge in [-0.1, -0.05) is 26.7 Å². The number of ether oxygens (including phenoxy) is 1. The van der Waals surface area contributed by atoms with Crippen molar-refractivity contribution in [1.29, 1.82) is 0 Å². The van der Waals surface area contributed by atoms with Crippen molar-refractivity contribution in [2.75, 3.05) is 19.8 Å². The predicted molar refractivity (Wildman–Crippen MR) is 67.3 cm³/mol. The van der Waals surface area contributed by atoms with Crippen LogP contribution in [0.1, 0.15) is 59.3 Å². The van der Waals surface area contributed by atoms with Crippen LogP contribution in [-0.2, 0) is 4.74 Å². The monoisotopic (exact) mass is 215 g/mol. The molecule has 1 N–H and O–H groups in total. The molecule has 0 rings (SSSR count). The summed E-state index contributed by atoms with van der Waals surface area (Å²) < 4.78 is 5.56. The van der Waals surface area contributed by atoms with E-state index in [0.29, 0.717) is 6.04 Å². The number of hydrogen-bond donors (Lipinski definition) is 1. The second kappa shape index (κ2) is 12.0. The van der Waals surface area contributed by atoms with Crippen LogP contribution in [0.4, 0.5) is 0 Å². The second-order valence-corrected chi connectivity index (χ2v) is 4.27. The van der Waals surface area contributed by atoms with Gasteiger partial charge >= 0.3 is 0 Å². The van der Waals surface area contributed by atoms with Crippen molar-refractivity contribution < 1.29 is 4.74 Å². The van der Waals surface area contributed by atoms with Gasteiger partial charge in [-0.05, 0) is 39.2 Å². The highest BCUT2D eigenvalue weighted by atomic mass is 16.5. The maximum absolute atomic E-state index is 5.56. The van der Waals surface area contributed by atoms with Gasteiger partial charge in [0.1, 0.15) is 0 Å². The Morgan fingerprint density at radius 3 is 2.27 bits per heavy atom. The zero-order valence-electron chi connectivity index (χ0n) is 10.8. The molecule has 0 aromatic rings.